The van der Waals surface area contributed by atoms with Crippen LogP contribution in [0.25, 0.3) is 0 Å². The molecular weight excluding hydrogens is 392 g/mol. The second-order valence-electron chi connectivity index (χ2n) is 7.65. The van der Waals surface area contributed by atoms with Gasteiger partial charge in [0.1, 0.15) is 0 Å². The minimum atomic E-state index is -0.142. The molecule has 1 fully saturated rings. The first-order valence-corrected chi connectivity index (χ1v) is 10.6. The van der Waals surface area contributed by atoms with Gasteiger partial charge in [-0.05, 0) is 31.0 Å². The van der Waals surface area contributed by atoms with Gasteiger partial charge in [0.2, 0.25) is 0 Å². The molecule has 1 saturated heterocycles. The van der Waals surface area contributed by atoms with Gasteiger partial charge >= 0.3 is 0 Å². The van der Waals surface area contributed by atoms with Gasteiger partial charge in [0.05, 0.1) is 33.5 Å². The molecular formula is C25H32N2O4. The molecule has 1 heterocycles. The Kier molecular flexibility index (Phi) is 8.09. The summed E-state index contributed by atoms with van der Waals surface area (Å²) in [6.07, 6.45) is 2.37. The number of hydrogen-bond donors (Lipinski definition) is 1. The van der Waals surface area contributed by atoms with Crippen molar-refractivity contribution in [3.63, 3.8) is 0 Å². The van der Waals surface area contributed by atoms with Gasteiger partial charge < -0.3 is 19.5 Å². The van der Waals surface area contributed by atoms with Gasteiger partial charge in [-0.3, -0.25) is 9.69 Å². The largest absolute Gasteiger partial charge is 0.493 e. The molecule has 1 aliphatic heterocycles. The van der Waals surface area contributed by atoms with Crippen LogP contribution in [0.15, 0.2) is 49.1 Å². The Morgan fingerprint density at radius 2 is 1.90 bits per heavy atom. The maximum atomic E-state index is 13.1. The van der Waals surface area contributed by atoms with E-state index in [2.05, 4.69) is 48.0 Å². The fraction of sp³-hybridized carbons (Fsp3) is 0.400. The number of rotatable bonds is 9. The normalized spacial score (nSPS) is 15.2. The molecule has 166 valence electrons. The van der Waals surface area contributed by atoms with E-state index in [1.54, 1.807) is 26.4 Å². The predicted molar refractivity (Wildman–Crippen MR) is 122 cm³/mol. The average molecular weight is 425 g/mol. The van der Waals surface area contributed by atoms with Crippen LogP contribution in [0.1, 0.15) is 33.1 Å². The van der Waals surface area contributed by atoms with E-state index in [9.17, 15) is 4.79 Å². The van der Waals surface area contributed by atoms with Crippen molar-refractivity contribution in [2.24, 2.45) is 0 Å². The summed E-state index contributed by atoms with van der Waals surface area (Å²) in [6.45, 7) is 9.48. The zero-order chi connectivity index (χ0) is 22.2. The summed E-state index contributed by atoms with van der Waals surface area (Å²) in [5.41, 5.74) is 3.81. The fourth-order valence-electron chi connectivity index (χ4n) is 3.91. The smallest absolute Gasteiger partial charge is 0.251 e. The highest BCUT2D eigenvalue weighted by Gasteiger charge is 2.24. The van der Waals surface area contributed by atoms with Crippen molar-refractivity contribution in [1.82, 2.24) is 10.2 Å². The first kappa shape index (κ1) is 22.8. The van der Waals surface area contributed by atoms with Crippen molar-refractivity contribution < 1.29 is 19.0 Å². The third-order valence-electron chi connectivity index (χ3n) is 5.59. The summed E-state index contributed by atoms with van der Waals surface area (Å²) in [7, 11) is 3.17. The number of nitrogens with zero attached hydrogens (tertiary/aromatic N) is 1. The number of aryl methyl sites for hydroxylation is 1. The summed E-state index contributed by atoms with van der Waals surface area (Å²) in [4.78, 5) is 15.4. The minimum Gasteiger partial charge on any atom is -0.493 e. The van der Waals surface area contributed by atoms with Crippen molar-refractivity contribution >= 4 is 5.91 Å². The molecule has 0 saturated carbocycles. The number of carbonyl (C=O) groups is 1. The lowest BCUT2D eigenvalue weighted by molar-refractivity contribution is 0.0162. The first-order valence-electron chi connectivity index (χ1n) is 10.6. The number of carbonyl (C=O) groups excluding carboxylic acids is 1. The van der Waals surface area contributed by atoms with Crippen LogP contribution in [-0.2, 0) is 11.2 Å². The van der Waals surface area contributed by atoms with E-state index < -0.39 is 0 Å². The van der Waals surface area contributed by atoms with Crippen LogP contribution in [0, 0.1) is 6.92 Å². The predicted octanol–water partition coefficient (Wildman–Crippen LogP) is 3.54. The van der Waals surface area contributed by atoms with Crippen LogP contribution >= 0.6 is 0 Å². The summed E-state index contributed by atoms with van der Waals surface area (Å²) >= 11 is 0. The topological polar surface area (TPSA) is 60.0 Å². The molecule has 6 nitrogen and oxygen atoms in total. The Bertz CT molecular complexity index is 889. The second-order valence-corrected chi connectivity index (χ2v) is 7.65. The van der Waals surface area contributed by atoms with Gasteiger partial charge in [0, 0.05) is 30.8 Å². The monoisotopic (exact) mass is 424 g/mol. The fourth-order valence-corrected chi connectivity index (χ4v) is 3.91. The zero-order valence-electron chi connectivity index (χ0n) is 18.6. The number of amides is 1. The molecule has 0 radical (unpaired) electrons. The standard InChI is InChI=1S/C25H32N2O4/c1-5-6-20-15-21(16-23(29-3)24(20)30-4)25(28)26-17-22(27-11-13-31-14-12-27)19-9-7-18(2)8-10-19/h5,7-10,15-16,22H,1,6,11-14,17H2,2-4H3,(H,26,28). The van der Waals surface area contributed by atoms with E-state index in [0.29, 0.717) is 43.2 Å². The highest BCUT2D eigenvalue weighted by molar-refractivity contribution is 5.95. The number of methoxy groups -OCH3 is 2. The highest BCUT2D eigenvalue weighted by atomic mass is 16.5. The van der Waals surface area contributed by atoms with Gasteiger partial charge in [0.25, 0.3) is 5.91 Å². The lowest BCUT2D eigenvalue weighted by Gasteiger charge is -2.35. The minimum absolute atomic E-state index is 0.0845. The van der Waals surface area contributed by atoms with Crippen molar-refractivity contribution in [2.45, 2.75) is 19.4 Å². The third-order valence-corrected chi connectivity index (χ3v) is 5.59. The summed E-state index contributed by atoms with van der Waals surface area (Å²) in [5.74, 6) is 1.02. The molecule has 1 atom stereocenters. The SMILES string of the molecule is C=CCc1cc(C(=O)NCC(c2ccc(C)cc2)N2CCOCC2)cc(OC)c1OC. The Morgan fingerprint density at radius 1 is 1.19 bits per heavy atom. The maximum absolute atomic E-state index is 13.1. The van der Waals surface area contributed by atoms with Crippen molar-refractivity contribution in [2.75, 3.05) is 47.1 Å². The highest BCUT2D eigenvalue weighted by Crippen LogP contribution is 2.33. The van der Waals surface area contributed by atoms with Gasteiger partial charge in [0.15, 0.2) is 11.5 Å². The van der Waals surface area contributed by atoms with Gasteiger partial charge in [-0.15, -0.1) is 6.58 Å². The van der Waals surface area contributed by atoms with Crippen molar-refractivity contribution in [3.05, 3.63) is 71.3 Å². The summed E-state index contributed by atoms with van der Waals surface area (Å²) < 4.78 is 16.5. The number of nitrogens with one attached hydrogen (secondary N) is 1. The summed E-state index contributed by atoms with van der Waals surface area (Å²) in [6, 6.07) is 12.1. The van der Waals surface area contributed by atoms with E-state index in [1.165, 1.54) is 11.1 Å². The average Bonchev–Trinajstić information content (AvgIpc) is 2.80. The van der Waals surface area contributed by atoms with E-state index in [0.717, 1.165) is 18.7 Å². The molecule has 0 aromatic heterocycles. The van der Waals surface area contributed by atoms with Crippen molar-refractivity contribution in [3.8, 4) is 11.5 Å². The van der Waals surface area contributed by atoms with Gasteiger partial charge in [-0.1, -0.05) is 35.9 Å². The number of morpholine rings is 1. The molecule has 2 aromatic carbocycles. The van der Waals surface area contributed by atoms with E-state index in [4.69, 9.17) is 14.2 Å². The van der Waals surface area contributed by atoms with Crippen LogP contribution in [0.4, 0.5) is 0 Å². The molecule has 0 aliphatic carbocycles. The molecule has 0 spiro atoms. The quantitative estimate of drug-likeness (QED) is 0.624. The maximum Gasteiger partial charge on any atom is 0.251 e. The molecule has 31 heavy (non-hydrogen) atoms. The van der Waals surface area contributed by atoms with Gasteiger partial charge in [-0.25, -0.2) is 0 Å². The number of benzene rings is 2. The Morgan fingerprint density at radius 3 is 2.52 bits per heavy atom. The number of hydrogen-bond acceptors (Lipinski definition) is 5. The summed E-state index contributed by atoms with van der Waals surface area (Å²) in [5, 5.41) is 3.12. The van der Waals surface area contributed by atoms with Crippen LogP contribution < -0.4 is 14.8 Å². The molecule has 2 aromatic rings. The molecule has 1 amide bonds. The van der Waals surface area contributed by atoms with E-state index in [-0.39, 0.29) is 11.9 Å². The first-order chi connectivity index (χ1) is 15.1. The van der Waals surface area contributed by atoms with Crippen LogP contribution in [-0.4, -0.2) is 57.9 Å². The Hall–Kier alpha value is -2.83. The lowest BCUT2D eigenvalue weighted by Crippen LogP contribution is -2.43. The van der Waals surface area contributed by atoms with E-state index >= 15 is 0 Å². The van der Waals surface area contributed by atoms with Crippen LogP contribution in [0.3, 0.4) is 0 Å². The van der Waals surface area contributed by atoms with E-state index in [1.807, 2.05) is 6.07 Å². The molecule has 1 aliphatic rings. The molecule has 3 rings (SSSR count). The molecule has 0 bridgehead atoms. The number of ether oxygens (including phenoxy) is 3. The molecule has 1 unspecified atom stereocenters. The Labute approximate surface area is 184 Å². The van der Waals surface area contributed by atoms with Crippen LogP contribution in [0.5, 0.6) is 11.5 Å². The molecule has 1 N–H and O–H groups in total. The van der Waals surface area contributed by atoms with Crippen LogP contribution in [0.2, 0.25) is 0 Å². The second kappa shape index (κ2) is 11.0. The van der Waals surface area contributed by atoms with Gasteiger partial charge in [-0.2, -0.15) is 0 Å². The zero-order valence-corrected chi connectivity index (χ0v) is 18.6. The Balaban J connectivity index is 1.81. The van der Waals surface area contributed by atoms with Crippen molar-refractivity contribution in [1.29, 1.82) is 0 Å². The third kappa shape index (κ3) is 5.66. The molecule has 6 heteroatoms. The number of allylic oxidation sites excluding steroid dienone is 1. The lowest BCUT2D eigenvalue weighted by atomic mass is 10.0.